The van der Waals surface area contributed by atoms with Gasteiger partial charge >= 0.3 is 12.2 Å². The first-order valence-electron chi connectivity index (χ1n) is 17.9. The lowest BCUT2D eigenvalue weighted by Gasteiger charge is -2.20. The number of benzene rings is 2. The summed E-state index contributed by atoms with van der Waals surface area (Å²) in [6.07, 6.45) is 0.392. The van der Waals surface area contributed by atoms with Gasteiger partial charge in [0, 0.05) is 29.8 Å². The van der Waals surface area contributed by atoms with Crippen LogP contribution < -0.4 is 20.1 Å². The second-order valence-electron chi connectivity index (χ2n) is 14.7. The SMILES string of the molecule is CC(C)S(=O)(=O)NC(=O)[C@@]1(NC(=O)CCCCC(=O)c2ccc(Cc3nc(NC4(c5ccc(Cl)cc5)CC4)nc(OCC(F)(F)F)n3)cc2)C[C@H]1C1CC1. The zero-order valence-corrected chi connectivity index (χ0v) is 31.4. The number of halogens is 4. The molecule has 3 saturated carbocycles. The Morgan fingerprint density at radius 1 is 0.963 bits per heavy atom. The molecule has 0 saturated heterocycles. The minimum Gasteiger partial charge on any atom is -0.454 e. The third-order valence-electron chi connectivity index (χ3n) is 10.0. The molecular weight excluding hydrogens is 749 g/mol. The molecular formula is C37H42ClF3N6O6S. The fourth-order valence-electron chi connectivity index (χ4n) is 6.51. The number of hydrogen-bond donors (Lipinski definition) is 3. The summed E-state index contributed by atoms with van der Waals surface area (Å²) in [4.78, 5) is 51.5. The Labute approximate surface area is 316 Å². The number of ketones is 1. The molecule has 1 aromatic heterocycles. The number of sulfonamides is 1. The largest absolute Gasteiger partial charge is 0.454 e. The summed E-state index contributed by atoms with van der Waals surface area (Å²) in [5.74, 6) is -0.747. The highest BCUT2D eigenvalue weighted by Crippen LogP contribution is 2.57. The Morgan fingerprint density at radius 2 is 1.63 bits per heavy atom. The fourth-order valence-corrected chi connectivity index (χ4v) is 7.31. The zero-order valence-electron chi connectivity index (χ0n) is 29.8. The summed E-state index contributed by atoms with van der Waals surface area (Å²) in [5.41, 5.74) is 0.367. The Balaban J connectivity index is 1.02. The molecule has 3 aliphatic carbocycles. The number of hydrogen-bond acceptors (Lipinski definition) is 10. The molecule has 17 heteroatoms. The Bertz CT molecular complexity index is 1990. The van der Waals surface area contributed by atoms with Crippen LogP contribution in [0.4, 0.5) is 19.1 Å². The molecule has 3 aromatic rings. The number of aromatic nitrogens is 3. The standard InChI is InChI=1S/C37H42ClF3N6O6S/c1-22(2)54(51,52)47-32(50)36(20-28(36)24-11-12-24)45-31(49)6-4-3-5-29(48)25-9-7-23(8-10-25)19-30-42-33(44-34(43-30)53-21-37(39,40)41)46-35(17-18-35)26-13-15-27(38)16-14-26/h7-10,13-16,22,24,28H,3-6,11-12,17-21H2,1-2H3,(H,45,49)(H,47,50)(H,42,43,44,46)/t28-,36+/m0/s1. The molecule has 3 aliphatic rings. The highest BCUT2D eigenvalue weighted by atomic mass is 35.5. The predicted octanol–water partition coefficient (Wildman–Crippen LogP) is 6.04. The van der Waals surface area contributed by atoms with Crippen molar-refractivity contribution in [2.45, 2.75) is 101 Å². The van der Waals surface area contributed by atoms with Crippen molar-refractivity contribution in [1.29, 1.82) is 0 Å². The third-order valence-corrected chi connectivity index (χ3v) is 12.0. The summed E-state index contributed by atoms with van der Waals surface area (Å²) in [6, 6.07) is 13.5. The van der Waals surface area contributed by atoms with Crippen LogP contribution in [0.5, 0.6) is 6.01 Å². The van der Waals surface area contributed by atoms with Gasteiger partial charge < -0.3 is 15.4 Å². The van der Waals surface area contributed by atoms with E-state index >= 15 is 0 Å². The molecule has 2 amide bonds. The van der Waals surface area contributed by atoms with Gasteiger partial charge in [0.2, 0.25) is 21.9 Å². The molecule has 0 spiro atoms. The van der Waals surface area contributed by atoms with E-state index in [1.165, 1.54) is 13.8 Å². The Morgan fingerprint density at radius 3 is 2.24 bits per heavy atom. The van der Waals surface area contributed by atoms with Crippen molar-refractivity contribution in [2.75, 3.05) is 11.9 Å². The molecule has 1 heterocycles. The van der Waals surface area contributed by atoms with E-state index in [9.17, 15) is 36.0 Å². The lowest BCUT2D eigenvalue weighted by Crippen LogP contribution is -2.53. The molecule has 6 rings (SSSR count). The molecule has 3 fully saturated rings. The first-order valence-corrected chi connectivity index (χ1v) is 19.9. The number of ether oxygens (including phenoxy) is 1. The molecule has 2 atom stereocenters. The summed E-state index contributed by atoms with van der Waals surface area (Å²) in [7, 11) is -3.85. The number of anilines is 1. The quantitative estimate of drug-likeness (QED) is 0.102. The van der Waals surface area contributed by atoms with Crippen LogP contribution in [0.2, 0.25) is 5.02 Å². The monoisotopic (exact) mass is 790 g/mol. The molecule has 2 aromatic carbocycles. The normalized spacial score (nSPS) is 20.2. The number of nitrogens with zero attached hydrogens (tertiary/aromatic N) is 3. The molecule has 0 radical (unpaired) electrons. The van der Waals surface area contributed by atoms with Crippen LogP contribution in [0.1, 0.15) is 98.9 Å². The Hall–Kier alpha value is -4.31. The lowest BCUT2D eigenvalue weighted by atomic mass is 10.0. The van der Waals surface area contributed by atoms with Crippen LogP contribution >= 0.6 is 11.6 Å². The minimum absolute atomic E-state index is 0.0717. The van der Waals surface area contributed by atoms with Crippen molar-refractivity contribution in [2.24, 2.45) is 11.8 Å². The maximum absolute atomic E-state index is 13.0. The number of carbonyl (C=O) groups is 3. The van der Waals surface area contributed by atoms with Gasteiger partial charge in [0.15, 0.2) is 12.4 Å². The van der Waals surface area contributed by atoms with Crippen molar-refractivity contribution in [3.05, 3.63) is 76.1 Å². The molecule has 3 N–H and O–H groups in total. The van der Waals surface area contributed by atoms with Crippen LogP contribution in [0.3, 0.4) is 0 Å². The van der Waals surface area contributed by atoms with Crippen LogP contribution in [0.15, 0.2) is 48.5 Å². The highest BCUT2D eigenvalue weighted by molar-refractivity contribution is 7.90. The third kappa shape index (κ3) is 9.86. The van der Waals surface area contributed by atoms with Crippen LogP contribution in [-0.4, -0.2) is 64.5 Å². The van der Waals surface area contributed by atoms with E-state index in [1.807, 2.05) is 12.1 Å². The summed E-state index contributed by atoms with van der Waals surface area (Å²) in [5, 5.41) is 5.84. The van der Waals surface area contributed by atoms with Crippen LogP contribution in [0.25, 0.3) is 0 Å². The molecule has 0 aliphatic heterocycles. The van der Waals surface area contributed by atoms with E-state index in [0.29, 0.717) is 41.3 Å². The second kappa shape index (κ2) is 15.4. The number of Topliss-reactive ketones (excluding diaryl/α,β-unsaturated/α-hetero) is 1. The number of amides is 2. The first-order chi connectivity index (χ1) is 25.5. The van der Waals surface area contributed by atoms with Crippen molar-refractivity contribution >= 4 is 45.2 Å². The maximum atomic E-state index is 13.0. The summed E-state index contributed by atoms with van der Waals surface area (Å²) < 4.78 is 70.5. The maximum Gasteiger partial charge on any atom is 0.422 e. The number of rotatable bonds is 18. The van der Waals surface area contributed by atoms with E-state index in [1.54, 1.807) is 36.4 Å². The van der Waals surface area contributed by atoms with Crippen LogP contribution in [-0.2, 0) is 31.6 Å². The van der Waals surface area contributed by atoms with E-state index in [0.717, 1.165) is 31.2 Å². The van der Waals surface area contributed by atoms with Gasteiger partial charge in [0.25, 0.3) is 5.91 Å². The first kappa shape index (κ1) is 39.4. The van der Waals surface area contributed by atoms with Gasteiger partial charge in [0.1, 0.15) is 11.4 Å². The van der Waals surface area contributed by atoms with Gasteiger partial charge in [-0.3, -0.25) is 19.1 Å². The fraction of sp³-hybridized carbons (Fsp3) is 0.514. The van der Waals surface area contributed by atoms with Gasteiger partial charge in [-0.2, -0.15) is 28.1 Å². The summed E-state index contributed by atoms with van der Waals surface area (Å²) in [6.45, 7) is 1.38. The van der Waals surface area contributed by atoms with E-state index in [-0.39, 0.29) is 48.6 Å². The van der Waals surface area contributed by atoms with Gasteiger partial charge in [-0.15, -0.1) is 0 Å². The van der Waals surface area contributed by atoms with E-state index in [2.05, 4.69) is 30.3 Å². The molecule has 54 heavy (non-hydrogen) atoms. The van der Waals surface area contributed by atoms with Gasteiger partial charge in [-0.25, -0.2) is 8.42 Å². The van der Waals surface area contributed by atoms with Crippen molar-refractivity contribution in [3.8, 4) is 6.01 Å². The topological polar surface area (TPSA) is 169 Å². The Kier molecular flexibility index (Phi) is 11.3. The van der Waals surface area contributed by atoms with Crippen molar-refractivity contribution in [3.63, 3.8) is 0 Å². The molecule has 12 nitrogen and oxygen atoms in total. The average Bonchev–Trinajstić information content (AvgIpc) is 3.98. The number of nitrogens with one attached hydrogen (secondary N) is 3. The van der Waals surface area contributed by atoms with Crippen molar-refractivity contribution < 1.29 is 40.7 Å². The molecule has 0 bridgehead atoms. The number of unbranched alkanes of at least 4 members (excludes halogenated alkanes) is 1. The molecule has 290 valence electrons. The minimum atomic E-state index is -4.59. The predicted molar refractivity (Wildman–Crippen MR) is 193 cm³/mol. The van der Waals surface area contributed by atoms with Gasteiger partial charge in [0.05, 0.1) is 10.8 Å². The zero-order chi connectivity index (χ0) is 38.9. The lowest BCUT2D eigenvalue weighted by molar-refractivity contribution is -0.154. The second-order valence-corrected chi connectivity index (χ2v) is 17.3. The van der Waals surface area contributed by atoms with Gasteiger partial charge in [-0.1, -0.05) is 48.0 Å². The van der Waals surface area contributed by atoms with Crippen LogP contribution in [0, 0.1) is 11.8 Å². The smallest absolute Gasteiger partial charge is 0.422 e. The molecule has 0 unspecified atom stereocenters. The van der Waals surface area contributed by atoms with E-state index in [4.69, 9.17) is 16.3 Å². The number of alkyl halides is 3. The summed E-state index contributed by atoms with van der Waals surface area (Å²) >= 11 is 6.04. The highest BCUT2D eigenvalue weighted by Gasteiger charge is 2.66. The average molecular weight is 791 g/mol. The van der Waals surface area contributed by atoms with Gasteiger partial charge in [-0.05, 0) is 93.9 Å². The van der Waals surface area contributed by atoms with E-state index < -0.39 is 51.1 Å². The van der Waals surface area contributed by atoms with Crippen molar-refractivity contribution in [1.82, 2.24) is 25.0 Å². The number of carbonyl (C=O) groups excluding carboxylic acids is 3.